The van der Waals surface area contributed by atoms with Crippen LogP contribution < -0.4 is 5.11 Å². The second kappa shape index (κ2) is 4.55. The summed E-state index contributed by atoms with van der Waals surface area (Å²) in [5.74, 6) is -1.58. The fourth-order valence-electron chi connectivity index (χ4n) is 1.97. The third-order valence-electron chi connectivity index (χ3n) is 2.80. The van der Waals surface area contributed by atoms with Crippen LogP contribution in [0.15, 0.2) is 18.2 Å². The number of aromatic carboxylic acids is 1. The molecule has 0 saturated heterocycles. The van der Waals surface area contributed by atoms with Crippen molar-refractivity contribution in [2.75, 3.05) is 20.3 Å². The van der Waals surface area contributed by atoms with E-state index in [1.54, 1.807) is 24.1 Å². The summed E-state index contributed by atoms with van der Waals surface area (Å²) in [6.07, 6.45) is 0. The number of hydrogen-bond acceptors (Lipinski definition) is 4. The van der Waals surface area contributed by atoms with Gasteiger partial charge in [-0.15, -0.1) is 0 Å². The van der Waals surface area contributed by atoms with Gasteiger partial charge in [-0.1, -0.05) is 18.2 Å². The molecule has 0 spiro atoms. The normalized spacial score (nSPS) is 13.9. The number of carbonyl (C=O) groups excluding carboxylic acids is 2. The molecule has 90 valence electrons. The van der Waals surface area contributed by atoms with Crippen LogP contribution in [0.2, 0.25) is 0 Å². The van der Waals surface area contributed by atoms with Crippen LogP contribution in [-0.4, -0.2) is 37.0 Å². The molecule has 0 saturated carbocycles. The Hall–Kier alpha value is -1.88. The van der Waals surface area contributed by atoms with Gasteiger partial charge in [0.05, 0.1) is 18.1 Å². The van der Waals surface area contributed by atoms with Crippen molar-refractivity contribution in [2.24, 2.45) is 0 Å². The van der Waals surface area contributed by atoms with E-state index < -0.39 is 5.97 Å². The average Bonchev–Trinajstić information content (AvgIpc) is 2.63. The number of hydrogen-bond donors (Lipinski definition) is 0. The molecule has 1 aliphatic heterocycles. The molecule has 0 unspecified atom stereocenters. The van der Waals surface area contributed by atoms with Crippen molar-refractivity contribution < 1.29 is 19.4 Å². The number of fused-ring (bicyclic) bond motifs is 1. The summed E-state index contributed by atoms with van der Waals surface area (Å²) in [6.45, 7) is 1.32. The molecular weight excluding hydrogens is 222 g/mol. The highest BCUT2D eigenvalue weighted by Gasteiger charge is 2.29. The Morgan fingerprint density at radius 1 is 1.53 bits per heavy atom. The Morgan fingerprint density at radius 2 is 2.29 bits per heavy atom. The van der Waals surface area contributed by atoms with Gasteiger partial charge in [0.1, 0.15) is 0 Å². The lowest BCUT2D eigenvalue weighted by atomic mass is 10.0. The molecule has 1 aromatic carbocycles. The number of ether oxygens (including phenoxy) is 1. The summed E-state index contributed by atoms with van der Waals surface area (Å²) >= 11 is 0. The lowest BCUT2D eigenvalue weighted by Gasteiger charge is -2.14. The summed E-state index contributed by atoms with van der Waals surface area (Å²) < 4.78 is 4.91. The number of carboxylic acids is 1. The van der Waals surface area contributed by atoms with Crippen LogP contribution in [0, 0.1) is 0 Å². The van der Waals surface area contributed by atoms with Crippen LogP contribution in [0.4, 0.5) is 0 Å². The molecule has 0 aliphatic carbocycles. The summed E-state index contributed by atoms with van der Waals surface area (Å²) in [5.41, 5.74) is 0.948. The van der Waals surface area contributed by atoms with E-state index in [0.717, 1.165) is 5.56 Å². The summed E-state index contributed by atoms with van der Waals surface area (Å²) in [5, 5.41) is 10.9. The summed E-state index contributed by atoms with van der Waals surface area (Å²) in [6, 6.07) is 4.77. The average molecular weight is 234 g/mol. The van der Waals surface area contributed by atoms with Crippen LogP contribution in [0.25, 0.3) is 0 Å². The van der Waals surface area contributed by atoms with Gasteiger partial charge in [0.15, 0.2) is 0 Å². The van der Waals surface area contributed by atoms with Crippen molar-refractivity contribution in [3.8, 4) is 0 Å². The molecule has 5 nitrogen and oxygen atoms in total. The van der Waals surface area contributed by atoms with E-state index in [4.69, 9.17) is 4.74 Å². The molecule has 1 aliphatic rings. The molecule has 0 N–H and O–H groups in total. The van der Waals surface area contributed by atoms with Gasteiger partial charge in [0.25, 0.3) is 5.91 Å². The SMILES string of the molecule is COCCN1Cc2cccc(C(=O)[O-])c2C1=O. The van der Waals surface area contributed by atoms with E-state index in [9.17, 15) is 14.7 Å². The molecule has 1 amide bonds. The van der Waals surface area contributed by atoms with E-state index in [-0.39, 0.29) is 17.0 Å². The second-order valence-electron chi connectivity index (χ2n) is 3.85. The molecule has 2 rings (SSSR count). The van der Waals surface area contributed by atoms with Crippen LogP contribution in [0.1, 0.15) is 26.3 Å². The van der Waals surface area contributed by atoms with Crippen LogP contribution in [0.5, 0.6) is 0 Å². The quantitative estimate of drug-likeness (QED) is 0.714. The summed E-state index contributed by atoms with van der Waals surface area (Å²) in [4.78, 5) is 24.5. The van der Waals surface area contributed by atoms with Gasteiger partial charge in [-0.05, 0) is 5.56 Å². The first-order chi connectivity index (χ1) is 8.15. The Morgan fingerprint density at radius 3 is 2.94 bits per heavy atom. The maximum atomic E-state index is 12.0. The number of methoxy groups -OCH3 is 1. The Labute approximate surface area is 98.6 Å². The van der Waals surface area contributed by atoms with Crippen molar-refractivity contribution in [1.29, 1.82) is 0 Å². The second-order valence-corrected chi connectivity index (χ2v) is 3.85. The van der Waals surface area contributed by atoms with Crippen LogP contribution >= 0.6 is 0 Å². The fourth-order valence-corrected chi connectivity index (χ4v) is 1.97. The minimum absolute atomic E-state index is 0.0348. The zero-order valence-electron chi connectivity index (χ0n) is 9.43. The fraction of sp³-hybridized carbons (Fsp3) is 0.333. The van der Waals surface area contributed by atoms with Gasteiger partial charge in [-0.2, -0.15) is 0 Å². The number of benzene rings is 1. The number of amides is 1. The zero-order valence-corrected chi connectivity index (χ0v) is 9.43. The maximum Gasteiger partial charge on any atom is 0.255 e. The van der Waals surface area contributed by atoms with Crippen molar-refractivity contribution in [3.63, 3.8) is 0 Å². The highest BCUT2D eigenvalue weighted by atomic mass is 16.5. The largest absolute Gasteiger partial charge is 0.545 e. The smallest absolute Gasteiger partial charge is 0.255 e. The predicted molar refractivity (Wildman–Crippen MR) is 57.4 cm³/mol. The lowest BCUT2D eigenvalue weighted by molar-refractivity contribution is -0.255. The first-order valence-electron chi connectivity index (χ1n) is 5.26. The highest BCUT2D eigenvalue weighted by Crippen LogP contribution is 2.25. The third-order valence-corrected chi connectivity index (χ3v) is 2.80. The Kier molecular flexibility index (Phi) is 3.10. The third kappa shape index (κ3) is 2.01. The molecule has 17 heavy (non-hydrogen) atoms. The topological polar surface area (TPSA) is 69.7 Å². The minimum Gasteiger partial charge on any atom is -0.545 e. The van der Waals surface area contributed by atoms with E-state index in [1.807, 2.05) is 0 Å². The first-order valence-corrected chi connectivity index (χ1v) is 5.26. The molecule has 0 bridgehead atoms. The minimum atomic E-state index is -1.32. The molecule has 0 fully saturated rings. The van der Waals surface area contributed by atoms with Gasteiger partial charge in [-0.3, -0.25) is 4.79 Å². The van der Waals surface area contributed by atoms with Gasteiger partial charge >= 0.3 is 0 Å². The van der Waals surface area contributed by atoms with Gasteiger partial charge < -0.3 is 19.5 Å². The van der Waals surface area contributed by atoms with E-state index >= 15 is 0 Å². The Balaban J connectivity index is 2.32. The van der Waals surface area contributed by atoms with Gasteiger partial charge in [-0.25, -0.2) is 0 Å². The molecule has 5 heteroatoms. The van der Waals surface area contributed by atoms with E-state index in [2.05, 4.69) is 0 Å². The van der Waals surface area contributed by atoms with E-state index in [0.29, 0.717) is 19.7 Å². The molecule has 0 radical (unpaired) electrons. The predicted octanol–water partition coefficient (Wildman–Crippen LogP) is -0.348. The van der Waals surface area contributed by atoms with Crippen molar-refractivity contribution in [1.82, 2.24) is 4.90 Å². The first kappa shape index (κ1) is 11.6. The van der Waals surface area contributed by atoms with E-state index in [1.165, 1.54) is 6.07 Å². The standard InChI is InChI=1S/C12H13NO4/c1-17-6-5-13-7-8-3-2-4-9(12(15)16)10(8)11(13)14/h2-4H,5-7H2,1H3,(H,15,16)/p-1. The molecule has 0 atom stereocenters. The van der Waals surface area contributed by atoms with Crippen molar-refractivity contribution >= 4 is 11.9 Å². The summed E-state index contributed by atoms with van der Waals surface area (Å²) in [7, 11) is 1.56. The highest BCUT2D eigenvalue weighted by molar-refractivity contribution is 6.07. The molecular formula is C12H12NO4-. The number of carbonyl (C=O) groups is 2. The lowest BCUT2D eigenvalue weighted by Crippen LogP contribution is -2.29. The maximum absolute atomic E-state index is 12.0. The Bertz CT molecular complexity index is 470. The molecule has 1 heterocycles. The molecule has 1 aromatic rings. The van der Waals surface area contributed by atoms with Gasteiger partial charge in [0.2, 0.25) is 0 Å². The van der Waals surface area contributed by atoms with Crippen molar-refractivity contribution in [3.05, 3.63) is 34.9 Å². The van der Waals surface area contributed by atoms with Crippen molar-refractivity contribution in [2.45, 2.75) is 6.54 Å². The number of carboxylic acid groups (broad SMARTS) is 1. The number of rotatable bonds is 4. The monoisotopic (exact) mass is 234 g/mol. The van der Waals surface area contributed by atoms with Crippen LogP contribution in [0.3, 0.4) is 0 Å². The number of nitrogens with zero attached hydrogens (tertiary/aromatic N) is 1. The van der Waals surface area contributed by atoms with Gasteiger partial charge in [0, 0.05) is 25.8 Å². The zero-order chi connectivity index (χ0) is 12.4. The van der Waals surface area contributed by atoms with Crippen LogP contribution in [-0.2, 0) is 11.3 Å². The molecule has 0 aromatic heterocycles.